The van der Waals surface area contributed by atoms with Crippen LogP contribution in [0.2, 0.25) is 0 Å². The molecule has 152 valence electrons. The summed E-state index contributed by atoms with van der Waals surface area (Å²) in [6, 6.07) is 19.0. The summed E-state index contributed by atoms with van der Waals surface area (Å²) in [6.45, 7) is 0.162. The smallest absolute Gasteiger partial charge is 0.358 e. The molecule has 0 radical (unpaired) electrons. The number of anilines is 2. The van der Waals surface area contributed by atoms with Gasteiger partial charge in [-0.25, -0.2) is 9.78 Å². The van der Waals surface area contributed by atoms with E-state index in [-0.39, 0.29) is 11.4 Å². The molecule has 9 heteroatoms. The lowest BCUT2D eigenvalue weighted by Crippen LogP contribution is -2.21. The molecule has 0 aliphatic heterocycles. The van der Waals surface area contributed by atoms with Crippen LogP contribution in [0.4, 0.5) is 10.8 Å². The Morgan fingerprint density at radius 3 is 2.70 bits per heavy atom. The van der Waals surface area contributed by atoms with Gasteiger partial charge < -0.3 is 15.4 Å². The van der Waals surface area contributed by atoms with Crippen LogP contribution in [0.15, 0.2) is 64.9 Å². The Balaban J connectivity index is 1.48. The molecule has 2 aromatic carbocycles. The Bertz CT molecular complexity index is 1050. The maximum absolute atomic E-state index is 12.2. The van der Waals surface area contributed by atoms with Gasteiger partial charge >= 0.3 is 5.97 Å². The Hall–Kier alpha value is -3.35. The molecule has 1 heterocycles. The van der Waals surface area contributed by atoms with Crippen molar-refractivity contribution in [2.24, 2.45) is 0 Å². The molecule has 0 unspecified atom stereocenters. The first-order chi connectivity index (χ1) is 14.7. The number of esters is 1. The zero-order valence-electron chi connectivity index (χ0n) is 15.8. The van der Waals surface area contributed by atoms with Crippen molar-refractivity contribution < 1.29 is 14.3 Å². The van der Waals surface area contributed by atoms with Gasteiger partial charge in [-0.3, -0.25) is 4.79 Å². The number of nitrogens with one attached hydrogen (secondary N) is 2. The maximum Gasteiger partial charge on any atom is 0.358 e. The van der Waals surface area contributed by atoms with E-state index < -0.39 is 18.5 Å². The maximum atomic E-state index is 12.2. The Kier molecular flexibility index (Phi) is 7.83. The van der Waals surface area contributed by atoms with Crippen LogP contribution in [-0.4, -0.2) is 29.2 Å². The molecule has 0 saturated carbocycles. The van der Waals surface area contributed by atoms with E-state index in [1.807, 2.05) is 48.5 Å². The van der Waals surface area contributed by atoms with Crippen molar-refractivity contribution in [2.45, 2.75) is 11.4 Å². The van der Waals surface area contributed by atoms with Gasteiger partial charge in [-0.15, -0.1) is 23.1 Å². The van der Waals surface area contributed by atoms with E-state index >= 15 is 0 Å². The number of rotatable bonds is 9. The number of hydrogen-bond donors (Lipinski definition) is 2. The van der Waals surface area contributed by atoms with Crippen molar-refractivity contribution in [1.82, 2.24) is 4.98 Å². The second kappa shape index (κ2) is 11.0. The van der Waals surface area contributed by atoms with Gasteiger partial charge in [-0.05, 0) is 17.7 Å². The molecule has 0 spiro atoms. The van der Waals surface area contributed by atoms with E-state index in [2.05, 4.69) is 15.6 Å². The fourth-order valence-electron chi connectivity index (χ4n) is 2.42. The van der Waals surface area contributed by atoms with Gasteiger partial charge in [0, 0.05) is 16.8 Å². The highest BCUT2D eigenvalue weighted by molar-refractivity contribution is 7.99. The van der Waals surface area contributed by atoms with E-state index in [1.165, 1.54) is 23.1 Å². The summed E-state index contributed by atoms with van der Waals surface area (Å²) in [5, 5.41) is 16.7. The summed E-state index contributed by atoms with van der Waals surface area (Å²) >= 11 is 2.61. The predicted molar refractivity (Wildman–Crippen MR) is 118 cm³/mol. The van der Waals surface area contributed by atoms with Gasteiger partial charge in [0.2, 0.25) is 0 Å². The number of thiazole rings is 1. The van der Waals surface area contributed by atoms with Crippen LogP contribution in [-0.2, 0) is 16.1 Å². The Morgan fingerprint density at radius 1 is 1.13 bits per heavy atom. The molecule has 0 saturated heterocycles. The number of aromatic nitrogens is 1. The molecule has 3 rings (SSSR count). The molecule has 30 heavy (non-hydrogen) atoms. The summed E-state index contributed by atoms with van der Waals surface area (Å²) in [5.74, 6) is -0.862. The van der Waals surface area contributed by atoms with Crippen LogP contribution in [0.25, 0.3) is 0 Å². The number of thioether (sulfide) groups is 1. The average Bonchev–Trinajstić information content (AvgIpc) is 3.25. The summed E-state index contributed by atoms with van der Waals surface area (Å²) < 4.78 is 5.07. The topological polar surface area (TPSA) is 104 Å². The van der Waals surface area contributed by atoms with Gasteiger partial charge in [0.05, 0.1) is 17.5 Å². The highest BCUT2D eigenvalue weighted by Crippen LogP contribution is 2.26. The summed E-state index contributed by atoms with van der Waals surface area (Å²) in [6.07, 6.45) is 0. The van der Waals surface area contributed by atoms with Crippen LogP contribution in [0, 0.1) is 11.3 Å². The molecular weight excluding hydrogens is 420 g/mol. The third-order valence-corrected chi connectivity index (χ3v) is 5.53. The molecule has 3 aromatic rings. The van der Waals surface area contributed by atoms with Crippen LogP contribution in [0.3, 0.4) is 0 Å². The first-order valence-corrected chi connectivity index (χ1v) is 10.8. The SMILES string of the molecule is N#CCSc1ccccc1NC(=O)COC(=O)c1csc(NCc2ccccc2)n1. The van der Waals surface area contributed by atoms with E-state index in [4.69, 9.17) is 10.00 Å². The van der Waals surface area contributed by atoms with E-state index in [0.717, 1.165) is 10.5 Å². The molecule has 2 N–H and O–H groups in total. The normalized spacial score (nSPS) is 10.1. The van der Waals surface area contributed by atoms with Crippen LogP contribution < -0.4 is 10.6 Å². The van der Waals surface area contributed by atoms with Gasteiger partial charge in [-0.1, -0.05) is 42.5 Å². The molecule has 0 atom stereocenters. The van der Waals surface area contributed by atoms with E-state index in [0.29, 0.717) is 17.4 Å². The molecule has 0 fully saturated rings. The van der Waals surface area contributed by atoms with Gasteiger partial charge in [0.1, 0.15) is 0 Å². The third kappa shape index (κ3) is 6.34. The lowest BCUT2D eigenvalue weighted by molar-refractivity contribution is -0.119. The lowest BCUT2D eigenvalue weighted by atomic mass is 10.2. The van der Waals surface area contributed by atoms with Crippen LogP contribution >= 0.6 is 23.1 Å². The van der Waals surface area contributed by atoms with Crippen molar-refractivity contribution in [3.8, 4) is 6.07 Å². The number of nitriles is 1. The lowest BCUT2D eigenvalue weighted by Gasteiger charge is -2.09. The molecule has 0 aliphatic rings. The van der Waals surface area contributed by atoms with Crippen LogP contribution in [0.5, 0.6) is 0 Å². The molecule has 0 bridgehead atoms. The number of carbonyl (C=O) groups is 2. The number of hydrogen-bond acceptors (Lipinski definition) is 8. The number of carbonyl (C=O) groups excluding carboxylic acids is 2. The quantitative estimate of drug-likeness (QED) is 0.382. The zero-order valence-corrected chi connectivity index (χ0v) is 17.5. The second-order valence-corrected chi connectivity index (χ2v) is 7.82. The number of ether oxygens (including phenoxy) is 1. The number of para-hydroxylation sites is 1. The van der Waals surface area contributed by atoms with E-state index in [1.54, 1.807) is 17.5 Å². The zero-order chi connectivity index (χ0) is 21.2. The highest BCUT2D eigenvalue weighted by Gasteiger charge is 2.15. The van der Waals surface area contributed by atoms with Crippen molar-refractivity contribution in [2.75, 3.05) is 23.0 Å². The standard InChI is InChI=1S/C21H18N4O3S2/c22-10-11-29-18-9-5-4-8-16(18)24-19(26)13-28-20(27)17-14-30-21(25-17)23-12-15-6-2-1-3-7-15/h1-9,14H,11-13H2,(H,23,25)(H,24,26). The molecular formula is C21H18N4O3S2. The fourth-order valence-corrected chi connectivity index (χ4v) is 3.77. The first kappa shape index (κ1) is 21.4. The van der Waals surface area contributed by atoms with Crippen molar-refractivity contribution in [3.63, 3.8) is 0 Å². The molecule has 0 aliphatic carbocycles. The predicted octanol–water partition coefficient (Wildman–Crippen LogP) is 4.17. The minimum Gasteiger partial charge on any atom is -0.451 e. The van der Waals surface area contributed by atoms with Crippen molar-refractivity contribution >= 4 is 45.8 Å². The summed E-state index contributed by atoms with van der Waals surface area (Å²) in [5.41, 5.74) is 1.81. The van der Waals surface area contributed by atoms with Crippen molar-refractivity contribution in [1.29, 1.82) is 5.26 Å². The first-order valence-electron chi connectivity index (χ1n) is 8.95. The van der Waals surface area contributed by atoms with E-state index in [9.17, 15) is 9.59 Å². The fraction of sp³-hybridized carbons (Fsp3) is 0.143. The number of nitrogens with zero attached hydrogens (tertiary/aromatic N) is 2. The number of amides is 1. The van der Waals surface area contributed by atoms with Gasteiger partial charge in [-0.2, -0.15) is 5.26 Å². The van der Waals surface area contributed by atoms with Crippen LogP contribution in [0.1, 0.15) is 16.1 Å². The number of benzene rings is 2. The van der Waals surface area contributed by atoms with Gasteiger partial charge in [0.15, 0.2) is 17.4 Å². The highest BCUT2D eigenvalue weighted by atomic mass is 32.2. The molecule has 1 amide bonds. The monoisotopic (exact) mass is 438 g/mol. The minimum atomic E-state index is -0.665. The van der Waals surface area contributed by atoms with Crippen molar-refractivity contribution in [3.05, 3.63) is 71.2 Å². The summed E-state index contributed by atoms with van der Waals surface area (Å²) in [4.78, 5) is 29.3. The third-order valence-electron chi connectivity index (χ3n) is 3.79. The summed E-state index contributed by atoms with van der Waals surface area (Å²) in [7, 11) is 0. The molecule has 1 aromatic heterocycles. The molecule has 7 nitrogen and oxygen atoms in total. The largest absolute Gasteiger partial charge is 0.451 e. The Labute approximate surface area is 182 Å². The average molecular weight is 439 g/mol. The minimum absolute atomic E-state index is 0.147. The second-order valence-electron chi connectivity index (χ2n) is 5.94. The Morgan fingerprint density at radius 2 is 1.90 bits per heavy atom. The van der Waals surface area contributed by atoms with Gasteiger partial charge in [0.25, 0.3) is 5.91 Å².